The van der Waals surface area contributed by atoms with E-state index in [-0.39, 0.29) is 12.6 Å². The topological polar surface area (TPSA) is 35.5 Å². The Hall–Kier alpha value is -2.55. The van der Waals surface area contributed by atoms with E-state index in [4.69, 9.17) is 9.47 Å². The minimum atomic E-state index is 0.118. The summed E-state index contributed by atoms with van der Waals surface area (Å²) in [5, 5.41) is 0. The molecule has 0 saturated heterocycles. The number of aryl methyl sites for hydroxylation is 1. The Bertz CT molecular complexity index is 684. The van der Waals surface area contributed by atoms with Crippen molar-refractivity contribution < 1.29 is 14.3 Å². The molecule has 0 fully saturated rings. The monoisotopic (exact) mass is 280 g/mol. The van der Waals surface area contributed by atoms with E-state index in [1.807, 2.05) is 61.5 Å². The molecule has 3 nitrogen and oxygen atoms in total. The highest BCUT2D eigenvalue weighted by Gasteiger charge is 2.12. The molecule has 21 heavy (non-hydrogen) atoms. The van der Waals surface area contributed by atoms with Crippen molar-refractivity contribution in [1.82, 2.24) is 0 Å². The van der Waals surface area contributed by atoms with E-state index < -0.39 is 0 Å². The van der Waals surface area contributed by atoms with E-state index in [9.17, 15) is 4.79 Å². The molecule has 0 unspecified atom stereocenters. The van der Waals surface area contributed by atoms with Gasteiger partial charge in [0.2, 0.25) is 6.79 Å². The molecule has 2 aromatic carbocycles. The molecular weight excluding hydrogens is 264 g/mol. The van der Waals surface area contributed by atoms with E-state index in [1.54, 1.807) is 0 Å². The third kappa shape index (κ3) is 3.14. The summed E-state index contributed by atoms with van der Waals surface area (Å²) in [5.41, 5.74) is 2.90. The average Bonchev–Trinajstić information content (AvgIpc) is 2.95. The normalized spacial score (nSPS) is 12.8. The average molecular weight is 280 g/mol. The van der Waals surface area contributed by atoms with Crippen molar-refractivity contribution in [2.75, 3.05) is 6.79 Å². The van der Waals surface area contributed by atoms with Crippen LogP contribution in [0.3, 0.4) is 0 Å². The predicted octanol–water partition coefficient (Wildman–Crippen LogP) is 4.01. The lowest BCUT2D eigenvalue weighted by atomic mass is 10.1. The first-order valence-electron chi connectivity index (χ1n) is 6.88. The van der Waals surface area contributed by atoms with Gasteiger partial charge in [-0.05, 0) is 24.6 Å². The van der Waals surface area contributed by atoms with Crippen molar-refractivity contribution in [2.24, 2.45) is 0 Å². The van der Waals surface area contributed by atoms with Crippen LogP contribution in [0.2, 0.25) is 0 Å². The van der Waals surface area contributed by atoms with E-state index in [0.717, 1.165) is 28.2 Å². The maximum Gasteiger partial charge on any atom is 0.231 e. The van der Waals surface area contributed by atoms with Crippen molar-refractivity contribution in [3.05, 3.63) is 65.2 Å². The molecule has 1 aliphatic rings. The van der Waals surface area contributed by atoms with Crippen LogP contribution in [0.25, 0.3) is 6.08 Å². The second kappa shape index (κ2) is 5.83. The summed E-state index contributed by atoms with van der Waals surface area (Å²) in [6.45, 7) is 2.28. The Kier molecular flexibility index (Phi) is 3.73. The van der Waals surface area contributed by atoms with Crippen molar-refractivity contribution >= 4 is 11.9 Å². The molecule has 106 valence electrons. The van der Waals surface area contributed by atoms with Crippen LogP contribution < -0.4 is 9.47 Å². The minimum Gasteiger partial charge on any atom is -0.454 e. The Morgan fingerprint density at radius 1 is 1.10 bits per heavy atom. The fourth-order valence-electron chi connectivity index (χ4n) is 2.18. The fraction of sp³-hybridized carbons (Fsp3) is 0.167. The first-order chi connectivity index (χ1) is 10.2. The summed E-state index contributed by atoms with van der Waals surface area (Å²) < 4.78 is 10.6. The molecule has 0 radical (unpaired) electrons. The Balaban J connectivity index is 1.64. The highest BCUT2D eigenvalue weighted by atomic mass is 16.7. The molecule has 0 bridgehead atoms. The highest BCUT2D eigenvalue weighted by molar-refractivity contribution is 5.97. The summed E-state index contributed by atoms with van der Waals surface area (Å²) in [7, 11) is 0. The number of rotatable bonds is 4. The quantitative estimate of drug-likeness (QED) is 0.794. The van der Waals surface area contributed by atoms with Crippen LogP contribution in [0.4, 0.5) is 0 Å². The second-order valence-corrected chi connectivity index (χ2v) is 5.01. The minimum absolute atomic E-state index is 0.118. The summed E-state index contributed by atoms with van der Waals surface area (Å²) in [4.78, 5) is 12.0. The van der Waals surface area contributed by atoms with E-state index in [1.165, 1.54) is 0 Å². The van der Waals surface area contributed by atoms with Crippen LogP contribution in [-0.2, 0) is 0 Å². The summed E-state index contributed by atoms with van der Waals surface area (Å²) in [5.74, 6) is 1.64. The second-order valence-electron chi connectivity index (χ2n) is 5.01. The van der Waals surface area contributed by atoms with Gasteiger partial charge in [-0.15, -0.1) is 0 Å². The van der Waals surface area contributed by atoms with Gasteiger partial charge >= 0.3 is 0 Å². The molecule has 0 atom stereocenters. The number of ketones is 1. The van der Waals surface area contributed by atoms with E-state index in [0.29, 0.717) is 6.42 Å². The summed E-state index contributed by atoms with van der Waals surface area (Å²) in [6, 6.07) is 13.4. The third-order valence-corrected chi connectivity index (χ3v) is 3.38. The Labute approximate surface area is 123 Å². The van der Waals surface area contributed by atoms with Gasteiger partial charge in [-0.1, -0.05) is 48.0 Å². The summed E-state index contributed by atoms with van der Waals surface area (Å²) >= 11 is 0. The number of ether oxygens (including phenoxy) is 2. The SMILES string of the molecule is Cc1ccc(C(=O)CC=Cc2ccc3c(c2)OCO3)cc1. The summed E-state index contributed by atoms with van der Waals surface area (Å²) in [6.07, 6.45) is 4.19. The molecule has 0 N–H and O–H groups in total. The molecule has 0 saturated carbocycles. The largest absolute Gasteiger partial charge is 0.454 e. The number of Topliss-reactive ketones (excluding diaryl/α,β-unsaturated/α-hetero) is 1. The number of hydrogen-bond acceptors (Lipinski definition) is 3. The van der Waals surface area contributed by atoms with Gasteiger partial charge in [-0.2, -0.15) is 0 Å². The number of carbonyl (C=O) groups is 1. The number of carbonyl (C=O) groups excluding carboxylic acids is 1. The van der Waals surface area contributed by atoms with Gasteiger partial charge in [0.25, 0.3) is 0 Å². The smallest absolute Gasteiger partial charge is 0.231 e. The van der Waals surface area contributed by atoms with Crippen LogP contribution in [0.1, 0.15) is 27.9 Å². The van der Waals surface area contributed by atoms with Gasteiger partial charge in [0.1, 0.15) is 0 Å². The molecule has 0 aliphatic carbocycles. The van der Waals surface area contributed by atoms with Gasteiger partial charge in [-0.25, -0.2) is 0 Å². The molecule has 1 heterocycles. The molecule has 1 aliphatic heterocycles. The van der Waals surface area contributed by atoms with Crippen LogP contribution >= 0.6 is 0 Å². The zero-order chi connectivity index (χ0) is 14.7. The van der Waals surface area contributed by atoms with Crippen LogP contribution in [-0.4, -0.2) is 12.6 Å². The first-order valence-corrected chi connectivity index (χ1v) is 6.88. The van der Waals surface area contributed by atoms with Gasteiger partial charge in [0, 0.05) is 12.0 Å². The maximum atomic E-state index is 12.0. The van der Waals surface area contributed by atoms with Crippen LogP contribution in [0.5, 0.6) is 11.5 Å². The number of benzene rings is 2. The molecule has 3 heteroatoms. The molecule has 0 aromatic heterocycles. The van der Waals surface area contributed by atoms with Gasteiger partial charge in [0.15, 0.2) is 17.3 Å². The molecular formula is C18H16O3. The van der Waals surface area contributed by atoms with Crippen LogP contribution in [0.15, 0.2) is 48.5 Å². The zero-order valence-corrected chi connectivity index (χ0v) is 11.8. The van der Waals surface area contributed by atoms with Gasteiger partial charge < -0.3 is 9.47 Å². The van der Waals surface area contributed by atoms with Crippen LogP contribution in [0, 0.1) is 6.92 Å². The molecule has 0 spiro atoms. The maximum absolute atomic E-state index is 12.0. The highest BCUT2D eigenvalue weighted by Crippen LogP contribution is 2.32. The van der Waals surface area contributed by atoms with E-state index >= 15 is 0 Å². The molecule has 3 rings (SSSR count). The molecule has 0 amide bonds. The van der Waals surface area contributed by atoms with E-state index in [2.05, 4.69) is 0 Å². The van der Waals surface area contributed by atoms with Crippen molar-refractivity contribution in [3.8, 4) is 11.5 Å². The Morgan fingerprint density at radius 2 is 1.86 bits per heavy atom. The lowest BCUT2D eigenvalue weighted by Crippen LogP contribution is -1.96. The lowest BCUT2D eigenvalue weighted by molar-refractivity contribution is 0.0996. The Morgan fingerprint density at radius 3 is 2.67 bits per heavy atom. The molecule has 2 aromatic rings. The first kappa shape index (κ1) is 13.4. The number of allylic oxidation sites excluding steroid dienone is 1. The third-order valence-electron chi connectivity index (χ3n) is 3.38. The lowest BCUT2D eigenvalue weighted by Gasteiger charge is -1.99. The van der Waals surface area contributed by atoms with Crippen molar-refractivity contribution in [1.29, 1.82) is 0 Å². The predicted molar refractivity (Wildman–Crippen MR) is 81.7 cm³/mol. The van der Waals surface area contributed by atoms with Gasteiger partial charge in [0.05, 0.1) is 0 Å². The fourth-order valence-corrected chi connectivity index (χ4v) is 2.18. The standard InChI is InChI=1S/C18H16O3/c1-13-5-8-15(9-6-13)16(19)4-2-3-14-7-10-17-18(11-14)21-12-20-17/h2-3,5-11H,4,12H2,1H3. The van der Waals surface area contributed by atoms with Gasteiger partial charge in [-0.3, -0.25) is 4.79 Å². The van der Waals surface area contributed by atoms with Crippen molar-refractivity contribution in [3.63, 3.8) is 0 Å². The van der Waals surface area contributed by atoms with Crippen molar-refractivity contribution in [2.45, 2.75) is 13.3 Å². The zero-order valence-electron chi connectivity index (χ0n) is 11.8. The number of fused-ring (bicyclic) bond motifs is 1. The number of hydrogen-bond donors (Lipinski definition) is 0.